The van der Waals surface area contributed by atoms with E-state index in [-0.39, 0.29) is 9.92 Å². The number of aromatic nitrogens is 1. The Morgan fingerprint density at radius 3 is 2.73 bits per heavy atom. The van der Waals surface area contributed by atoms with Gasteiger partial charge < -0.3 is 0 Å². The van der Waals surface area contributed by atoms with Crippen LogP contribution < -0.4 is 4.72 Å². The van der Waals surface area contributed by atoms with Crippen molar-refractivity contribution in [3.8, 4) is 0 Å². The fraction of sp³-hybridized carbons (Fsp3) is 0.0714. The lowest BCUT2D eigenvalue weighted by Gasteiger charge is -2.08. The lowest BCUT2D eigenvalue weighted by Crippen LogP contribution is -2.13. The van der Waals surface area contributed by atoms with Crippen molar-refractivity contribution in [1.29, 1.82) is 0 Å². The van der Waals surface area contributed by atoms with Crippen LogP contribution in [0.25, 0.3) is 10.2 Å². The van der Waals surface area contributed by atoms with Crippen LogP contribution in [0.4, 0.5) is 10.1 Å². The maximum Gasteiger partial charge on any atom is 0.261 e. The lowest BCUT2D eigenvalue weighted by molar-refractivity contribution is 0.599. The highest BCUT2D eigenvalue weighted by atomic mass is 35.5. The van der Waals surface area contributed by atoms with Crippen LogP contribution in [0.3, 0.4) is 0 Å². The molecular formula is C14H10ClFN2O2S2. The minimum absolute atomic E-state index is 0.103. The highest BCUT2D eigenvalue weighted by Crippen LogP contribution is 2.26. The van der Waals surface area contributed by atoms with Crippen LogP contribution >= 0.6 is 22.9 Å². The zero-order valence-corrected chi connectivity index (χ0v) is 13.7. The van der Waals surface area contributed by atoms with Gasteiger partial charge in [0.1, 0.15) is 5.82 Å². The summed E-state index contributed by atoms with van der Waals surface area (Å²) in [5.74, 6) is -0.667. The summed E-state index contributed by atoms with van der Waals surface area (Å²) in [6, 6.07) is 8.36. The third kappa shape index (κ3) is 2.92. The quantitative estimate of drug-likeness (QED) is 0.765. The number of nitrogens with zero attached hydrogens (tertiary/aromatic N) is 1. The van der Waals surface area contributed by atoms with Crippen LogP contribution in [0, 0.1) is 12.7 Å². The van der Waals surface area contributed by atoms with E-state index < -0.39 is 15.8 Å². The summed E-state index contributed by atoms with van der Waals surface area (Å²) in [5.41, 5.74) is 1.11. The predicted molar refractivity (Wildman–Crippen MR) is 86.6 cm³/mol. The number of halogens is 2. The number of fused-ring (bicyclic) bond motifs is 1. The molecule has 4 nitrogen and oxygen atoms in total. The molecule has 0 bridgehead atoms. The zero-order chi connectivity index (χ0) is 15.9. The molecule has 1 heterocycles. The van der Waals surface area contributed by atoms with Crippen molar-refractivity contribution in [2.45, 2.75) is 11.8 Å². The molecule has 0 spiro atoms. The Kier molecular flexibility index (Phi) is 3.80. The molecule has 3 rings (SSSR count). The van der Waals surface area contributed by atoms with Gasteiger partial charge in [0.2, 0.25) is 0 Å². The largest absolute Gasteiger partial charge is 0.280 e. The smallest absolute Gasteiger partial charge is 0.261 e. The van der Waals surface area contributed by atoms with Gasteiger partial charge in [0.05, 0.1) is 30.8 Å². The summed E-state index contributed by atoms with van der Waals surface area (Å²) in [6.45, 7) is 1.88. The first-order chi connectivity index (χ1) is 10.3. The average Bonchev–Trinajstić information content (AvgIpc) is 2.80. The van der Waals surface area contributed by atoms with E-state index in [9.17, 15) is 12.8 Å². The van der Waals surface area contributed by atoms with Crippen LogP contribution in [0.5, 0.6) is 0 Å². The third-order valence-electron chi connectivity index (χ3n) is 2.95. The van der Waals surface area contributed by atoms with E-state index in [0.717, 1.165) is 33.4 Å². The van der Waals surface area contributed by atoms with Crippen molar-refractivity contribution < 1.29 is 12.8 Å². The number of hydrogen-bond acceptors (Lipinski definition) is 4. The van der Waals surface area contributed by atoms with Crippen molar-refractivity contribution in [1.82, 2.24) is 4.98 Å². The topological polar surface area (TPSA) is 59.1 Å². The van der Waals surface area contributed by atoms with E-state index in [1.165, 1.54) is 11.3 Å². The molecule has 0 saturated carbocycles. The molecule has 8 heteroatoms. The maximum absolute atomic E-state index is 13.1. The molecule has 0 fully saturated rings. The lowest BCUT2D eigenvalue weighted by atomic mass is 10.3. The van der Waals surface area contributed by atoms with Gasteiger partial charge in [-0.05, 0) is 43.3 Å². The van der Waals surface area contributed by atoms with Crippen molar-refractivity contribution >= 4 is 48.9 Å². The van der Waals surface area contributed by atoms with Gasteiger partial charge >= 0.3 is 0 Å². The Morgan fingerprint density at radius 2 is 2.00 bits per heavy atom. The van der Waals surface area contributed by atoms with Gasteiger partial charge in [-0.3, -0.25) is 4.72 Å². The van der Waals surface area contributed by atoms with E-state index in [1.54, 1.807) is 18.2 Å². The van der Waals surface area contributed by atoms with E-state index in [2.05, 4.69) is 9.71 Å². The van der Waals surface area contributed by atoms with Crippen LogP contribution in [-0.2, 0) is 10.0 Å². The maximum atomic E-state index is 13.1. The second kappa shape index (κ2) is 5.49. The van der Waals surface area contributed by atoms with Gasteiger partial charge in [0.15, 0.2) is 0 Å². The molecule has 22 heavy (non-hydrogen) atoms. The number of anilines is 1. The molecule has 0 aliphatic heterocycles. The number of sulfonamides is 1. The van der Waals surface area contributed by atoms with Crippen LogP contribution in [-0.4, -0.2) is 13.4 Å². The van der Waals surface area contributed by atoms with Crippen LogP contribution in [0.15, 0.2) is 41.3 Å². The molecule has 2 aromatic carbocycles. The second-order valence-corrected chi connectivity index (χ2v) is 7.92. The summed E-state index contributed by atoms with van der Waals surface area (Å²) in [6.07, 6.45) is 0. The Labute approximate surface area is 135 Å². The summed E-state index contributed by atoms with van der Waals surface area (Å²) >= 11 is 7.16. The molecule has 0 aliphatic rings. The third-order valence-corrected chi connectivity index (χ3v) is 5.57. The van der Waals surface area contributed by atoms with E-state index >= 15 is 0 Å². The number of rotatable bonds is 3. The standard InChI is InChI=1S/C14H10ClFN2O2S2/c1-8-17-13-6-9(2-5-14(13)21-8)18-22(19,20)10-3-4-12(16)11(15)7-10/h2-7,18H,1H3. The fourth-order valence-electron chi connectivity index (χ4n) is 1.96. The zero-order valence-electron chi connectivity index (χ0n) is 11.3. The summed E-state index contributed by atoms with van der Waals surface area (Å²) < 4.78 is 41.1. The number of hydrogen-bond donors (Lipinski definition) is 1. The second-order valence-electron chi connectivity index (χ2n) is 4.60. The first-order valence-corrected chi connectivity index (χ1v) is 8.88. The summed E-state index contributed by atoms with van der Waals surface area (Å²) in [7, 11) is -3.84. The highest BCUT2D eigenvalue weighted by molar-refractivity contribution is 7.92. The van der Waals surface area contributed by atoms with Crippen LogP contribution in [0.1, 0.15) is 5.01 Å². The van der Waals surface area contributed by atoms with Gasteiger partial charge in [-0.15, -0.1) is 11.3 Å². The SMILES string of the molecule is Cc1nc2cc(NS(=O)(=O)c3ccc(F)c(Cl)c3)ccc2s1. The molecule has 0 radical (unpaired) electrons. The molecule has 0 saturated heterocycles. The number of benzene rings is 2. The Balaban J connectivity index is 1.96. The van der Waals surface area contributed by atoms with Gasteiger partial charge in [0.25, 0.3) is 10.0 Å². The van der Waals surface area contributed by atoms with Crippen molar-refractivity contribution in [3.05, 3.63) is 52.2 Å². The van der Waals surface area contributed by atoms with Gasteiger partial charge in [-0.2, -0.15) is 0 Å². The van der Waals surface area contributed by atoms with Gasteiger partial charge in [-0.25, -0.2) is 17.8 Å². The number of thiazole rings is 1. The van der Waals surface area contributed by atoms with Crippen molar-refractivity contribution in [2.75, 3.05) is 4.72 Å². The molecule has 114 valence electrons. The van der Waals surface area contributed by atoms with E-state index in [0.29, 0.717) is 5.69 Å². The summed E-state index contributed by atoms with van der Waals surface area (Å²) in [5, 5.41) is 0.661. The van der Waals surface area contributed by atoms with E-state index in [1.807, 2.05) is 6.92 Å². The average molecular weight is 357 g/mol. The number of aryl methyl sites for hydroxylation is 1. The molecule has 0 aliphatic carbocycles. The Hall–Kier alpha value is -1.70. The first-order valence-electron chi connectivity index (χ1n) is 6.20. The predicted octanol–water partition coefficient (Wildman–Crippen LogP) is 4.20. The minimum Gasteiger partial charge on any atom is -0.280 e. The van der Waals surface area contributed by atoms with Crippen LogP contribution in [0.2, 0.25) is 5.02 Å². The van der Waals surface area contributed by atoms with Crippen molar-refractivity contribution in [3.63, 3.8) is 0 Å². The Morgan fingerprint density at radius 1 is 1.23 bits per heavy atom. The highest BCUT2D eigenvalue weighted by Gasteiger charge is 2.16. The molecular weight excluding hydrogens is 347 g/mol. The monoisotopic (exact) mass is 356 g/mol. The minimum atomic E-state index is -3.84. The van der Waals surface area contributed by atoms with Gasteiger partial charge in [0, 0.05) is 0 Å². The van der Waals surface area contributed by atoms with Gasteiger partial charge in [-0.1, -0.05) is 11.6 Å². The Bertz CT molecular complexity index is 970. The molecule has 1 N–H and O–H groups in total. The molecule has 1 aromatic heterocycles. The first kappa shape index (κ1) is 15.2. The molecule has 0 amide bonds. The fourth-order valence-corrected chi connectivity index (χ4v) is 4.09. The van der Waals surface area contributed by atoms with Crippen molar-refractivity contribution in [2.24, 2.45) is 0 Å². The number of nitrogens with one attached hydrogen (secondary N) is 1. The summed E-state index contributed by atoms with van der Waals surface area (Å²) in [4.78, 5) is 4.21. The normalized spacial score (nSPS) is 11.8. The molecule has 0 unspecified atom stereocenters. The molecule has 0 atom stereocenters. The molecule has 3 aromatic rings. The van der Waals surface area contributed by atoms with E-state index in [4.69, 9.17) is 11.6 Å².